The monoisotopic (exact) mass is 482 g/mol. The first kappa shape index (κ1) is 25.6. The third-order valence-electron chi connectivity index (χ3n) is 6.53. The lowest BCUT2D eigenvalue weighted by Crippen LogP contribution is -2.74. The third-order valence-corrected chi connectivity index (χ3v) is 6.84. The van der Waals surface area contributed by atoms with Crippen LogP contribution in [-0.2, 0) is 4.79 Å². The van der Waals surface area contributed by atoms with Crippen LogP contribution in [0.4, 0.5) is 0 Å². The highest BCUT2D eigenvalue weighted by Gasteiger charge is 2.64. The maximum Gasteiger partial charge on any atom is 0.251 e. The van der Waals surface area contributed by atoms with E-state index in [1.165, 1.54) is 0 Å². The smallest absolute Gasteiger partial charge is 0.251 e. The van der Waals surface area contributed by atoms with Crippen LogP contribution in [0.1, 0.15) is 62.9 Å². The van der Waals surface area contributed by atoms with Gasteiger partial charge in [-0.25, -0.2) is 0 Å². The zero-order chi connectivity index (χ0) is 24.9. The van der Waals surface area contributed by atoms with Crippen LogP contribution in [0.2, 0.25) is 5.02 Å². The average Bonchev–Trinajstić information content (AvgIpc) is 2.81. The summed E-state index contributed by atoms with van der Waals surface area (Å²) < 4.78 is 11.9. The van der Waals surface area contributed by atoms with E-state index in [4.69, 9.17) is 26.3 Å². The molecular weight excluding hydrogens is 452 g/mol. The molecule has 2 aromatic carbocycles. The molecule has 0 aromatic heterocycles. The molecule has 1 fully saturated rings. The van der Waals surface area contributed by atoms with Crippen LogP contribution in [0.3, 0.4) is 0 Å². The average molecular weight is 483 g/mol. The van der Waals surface area contributed by atoms with Gasteiger partial charge in [0.25, 0.3) is 5.91 Å². The molecule has 1 aliphatic carbocycles. The fourth-order valence-corrected chi connectivity index (χ4v) is 5.25. The number of benzene rings is 2. The van der Waals surface area contributed by atoms with Gasteiger partial charge in [-0.2, -0.15) is 5.26 Å². The number of aldehydes is 1. The van der Waals surface area contributed by atoms with Crippen molar-refractivity contribution in [2.45, 2.75) is 59.1 Å². The van der Waals surface area contributed by atoms with Gasteiger partial charge in [-0.3, -0.25) is 4.79 Å². The summed E-state index contributed by atoms with van der Waals surface area (Å²) in [6.07, 6.45) is 2.91. The summed E-state index contributed by atoms with van der Waals surface area (Å²) in [5.41, 5.74) is 0.303. The first-order valence-electron chi connectivity index (χ1n) is 11.4. The van der Waals surface area contributed by atoms with Gasteiger partial charge in [-0.1, -0.05) is 39.3 Å². The number of amides is 1. The van der Waals surface area contributed by atoms with Crippen LogP contribution in [0.25, 0.3) is 0 Å². The Morgan fingerprint density at radius 1 is 1.09 bits per heavy atom. The van der Waals surface area contributed by atoms with Gasteiger partial charge < -0.3 is 19.6 Å². The minimum Gasteiger partial charge on any atom is -0.494 e. The van der Waals surface area contributed by atoms with Crippen LogP contribution in [0, 0.1) is 22.2 Å². The quantitative estimate of drug-likeness (QED) is 0.353. The Balaban J connectivity index is 1.61. The second-order valence-corrected chi connectivity index (χ2v) is 10.2. The Morgan fingerprint density at radius 2 is 1.74 bits per heavy atom. The second-order valence-electron chi connectivity index (χ2n) is 9.84. The molecule has 6 nitrogen and oxygen atoms in total. The third kappa shape index (κ3) is 5.37. The molecule has 0 unspecified atom stereocenters. The second kappa shape index (κ2) is 10.5. The van der Waals surface area contributed by atoms with E-state index in [1.807, 2.05) is 6.07 Å². The van der Waals surface area contributed by atoms with Gasteiger partial charge in [0.2, 0.25) is 0 Å². The standard InChI is InChI=1S/C27H31ClN2O4/c1-26(2)24(27(3,4)25(26)34-21-13-10-19(17-29)22(28)16-21)30-23(32)18-8-11-20(12-9-18)33-15-7-5-6-14-31/h8-14,16,24-25H,5-7,15H2,1-4H3,(H,30,32)/t24-,25-. The van der Waals surface area contributed by atoms with Gasteiger partial charge in [0.1, 0.15) is 30.0 Å². The number of carbonyl (C=O) groups is 2. The van der Waals surface area contributed by atoms with E-state index < -0.39 is 0 Å². The van der Waals surface area contributed by atoms with Gasteiger partial charge in [0.15, 0.2) is 0 Å². The lowest BCUT2D eigenvalue weighted by atomic mass is 9.49. The number of hydrogen-bond donors (Lipinski definition) is 1. The number of nitrogens with zero attached hydrogens (tertiary/aromatic N) is 1. The molecule has 2 aromatic rings. The molecule has 3 rings (SSSR count). The van der Waals surface area contributed by atoms with E-state index in [1.54, 1.807) is 42.5 Å². The van der Waals surface area contributed by atoms with Gasteiger partial charge in [-0.05, 0) is 49.2 Å². The molecule has 34 heavy (non-hydrogen) atoms. The highest BCUT2D eigenvalue weighted by Crippen LogP contribution is 2.55. The summed E-state index contributed by atoms with van der Waals surface area (Å²) in [7, 11) is 0. The van der Waals surface area contributed by atoms with Crippen LogP contribution >= 0.6 is 11.6 Å². The van der Waals surface area contributed by atoms with E-state index in [9.17, 15) is 9.59 Å². The van der Waals surface area contributed by atoms with Crippen LogP contribution in [-0.4, -0.2) is 30.9 Å². The van der Waals surface area contributed by atoms with Gasteiger partial charge >= 0.3 is 0 Å². The number of ether oxygens (including phenoxy) is 2. The zero-order valence-electron chi connectivity index (χ0n) is 20.1. The molecule has 0 spiro atoms. The van der Waals surface area contributed by atoms with Crippen molar-refractivity contribution < 1.29 is 19.1 Å². The maximum atomic E-state index is 13.0. The van der Waals surface area contributed by atoms with E-state index in [-0.39, 0.29) is 28.9 Å². The SMILES string of the molecule is CC1(C)[C@H](NC(=O)c2ccc(OCCCCC=O)cc2)C(C)(C)[C@H]1Oc1ccc(C#N)c(Cl)c1. The number of halogens is 1. The topological polar surface area (TPSA) is 88.4 Å². The molecular formula is C27H31ClN2O4. The Hall–Kier alpha value is -3.04. The zero-order valence-corrected chi connectivity index (χ0v) is 20.8. The molecule has 0 saturated heterocycles. The van der Waals surface area contributed by atoms with Crippen molar-refractivity contribution in [2.24, 2.45) is 10.8 Å². The summed E-state index contributed by atoms with van der Waals surface area (Å²) >= 11 is 6.16. The van der Waals surface area contributed by atoms with E-state index in [0.29, 0.717) is 40.7 Å². The Labute approximate surface area is 206 Å². The number of carbonyl (C=O) groups excluding carboxylic acids is 2. The van der Waals surface area contributed by atoms with Crippen molar-refractivity contribution >= 4 is 23.8 Å². The highest BCUT2D eigenvalue weighted by atomic mass is 35.5. The highest BCUT2D eigenvalue weighted by molar-refractivity contribution is 6.31. The first-order chi connectivity index (χ1) is 16.1. The van der Waals surface area contributed by atoms with Crippen LogP contribution in [0.15, 0.2) is 42.5 Å². The van der Waals surface area contributed by atoms with Crippen molar-refractivity contribution in [1.82, 2.24) is 5.32 Å². The molecule has 1 N–H and O–H groups in total. The van der Waals surface area contributed by atoms with Crippen molar-refractivity contribution in [3.05, 3.63) is 58.6 Å². The van der Waals surface area contributed by atoms with Gasteiger partial charge in [0.05, 0.1) is 17.2 Å². The number of rotatable bonds is 10. The molecule has 7 heteroatoms. The predicted octanol–water partition coefficient (Wildman–Crippen LogP) is 5.57. The molecule has 0 bridgehead atoms. The minimum absolute atomic E-state index is 0.111. The van der Waals surface area contributed by atoms with E-state index >= 15 is 0 Å². The van der Waals surface area contributed by atoms with Gasteiger partial charge in [0, 0.05) is 34.9 Å². The molecule has 0 aliphatic heterocycles. The summed E-state index contributed by atoms with van der Waals surface area (Å²) in [4.78, 5) is 23.3. The fraction of sp³-hybridized carbons (Fsp3) is 0.444. The lowest BCUT2D eigenvalue weighted by Gasteiger charge is -2.63. The summed E-state index contributed by atoms with van der Waals surface area (Å²) in [6, 6.07) is 14.1. The molecule has 0 radical (unpaired) electrons. The Morgan fingerprint density at radius 3 is 2.32 bits per heavy atom. The molecule has 1 saturated carbocycles. The predicted molar refractivity (Wildman–Crippen MR) is 131 cm³/mol. The molecule has 0 heterocycles. The lowest BCUT2D eigenvalue weighted by molar-refractivity contribution is -0.164. The summed E-state index contributed by atoms with van der Waals surface area (Å²) in [6.45, 7) is 8.82. The fourth-order valence-electron chi connectivity index (χ4n) is 5.03. The number of hydrogen-bond acceptors (Lipinski definition) is 5. The number of nitriles is 1. The van der Waals surface area contributed by atoms with Crippen molar-refractivity contribution in [3.63, 3.8) is 0 Å². The minimum atomic E-state index is -0.329. The molecule has 0 atom stereocenters. The number of unbranched alkanes of at least 4 members (excludes halogenated alkanes) is 2. The van der Waals surface area contributed by atoms with Crippen LogP contribution in [0.5, 0.6) is 11.5 Å². The molecule has 1 amide bonds. The van der Waals surface area contributed by atoms with Crippen LogP contribution < -0.4 is 14.8 Å². The maximum absolute atomic E-state index is 13.0. The van der Waals surface area contributed by atoms with E-state index in [2.05, 4.69) is 33.0 Å². The van der Waals surface area contributed by atoms with Crippen molar-refractivity contribution in [3.8, 4) is 17.6 Å². The summed E-state index contributed by atoms with van der Waals surface area (Å²) in [5.74, 6) is 1.15. The van der Waals surface area contributed by atoms with Gasteiger partial charge in [-0.15, -0.1) is 0 Å². The summed E-state index contributed by atoms with van der Waals surface area (Å²) in [5, 5.41) is 12.6. The first-order valence-corrected chi connectivity index (χ1v) is 11.8. The largest absolute Gasteiger partial charge is 0.494 e. The number of nitrogens with one attached hydrogen (secondary N) is 1. The Kier molecular flexibility index (Phi) is 7.89. The molecule has 180 valence electrons. The Bertz CT molecular complexity index is 1060. The molecule has 1 aliphatic rings. The normalized spacial score (nSPS) is 19.9. The van der Waals surface area contributed by atoms with Crippen molar-refractivity contribution in [2.75, 3.05) is 6.61 Å². The van der Waals surface area contributed by atoms with E-state index in [0.717, 1.165) is 19.1 Å². The van der Waals surface area contributed by atoms with Crippen molar-refractivity contribution in [1.29, 1.82) is 5.26 Å².